The van der Waals surface area contributed by atoms with Gasteiger partial charge in [0.25, 0.3) is 0 Å². The summed E-state index contributed by atoms with van der Waals surface area (Å²) in [5.41, 5.74) is 6.38. The molecular weight excluding hydrogens is 282 g/mol. The summed E-state index contributed by atoms with van der Waals surface area (Å²) >= 11 is 1.49. The average molecular weight is 297 g/mol. The summed E-state index contributed by atoms with van der Waals surface area (Å²) in [6.45, 7) is 0. The highest BCUT2D eigenvalue weighted by atomic mass is 32.2. The molecule has 0 saturated heterocycles. The molecule has 0 fully saturated rings. The zero-order valence-corrected chi connectivity index (χ0v) is 12.1. The normalized spacial score (nSPS) is 13.6. The third-order valence-electron chi connectivity index (χ3n) is 2.88. The second kappa shape index (κ2) is 5.40. The number of benzene rings is 1. The molecule has 1 unspecified atom stereocenters. The largest absolute Gasteiger partial charge is 0.321 e. The van der Waals surface area contributed by atoms with Crippen molar-refractivity contribution in [3.8, 4) is 0 Å². The van der Waals surface area contributed by atoms with Crippen LogP contribution in [0.25, 0.3) is 10.1 Å². The lowest BCUT2D eigenvalue weighted by atomic mass is 10.0. The Bertz CT molecular complexity index is 704. The summed E-state index contributed by atoms with van der Waals surface area (Å²) in [4.78, 5) is 12.3. The highest BCUT2D eigenvalue weighted by Gasteiger charge is 2.19. The molecule has 2 N–H and O–H groups in total. The second-order valence-electron chi connectivity index (χ2n) is 4.53. The zero-order valence-electron chi connectivity index (χ0n) is 10.5. The van der Waals surface area contributed by atoms with Crippen LogP contribution in [-0.4, -0.2) is 32.3 Å². The molecule has 0 aliphatic heterocycles. The summed E-state index contributed by atoms with van der Waals surface area (Å²) in [6.07, 6.45) is 1.30. The van der Waals surface area contributed by atoms with Gasteiger partial charge in [0.05, 0.1) is 11.8 Å². The molecule has 4 nitrogen and oxygen atoms in total. The first-order valence-electron chi connectivity index (χ1n) is 5.82. The maximum atomic E-state index is 12.3. The first-order chi connectivity index (χ1) is 8.88. The third kappa shape index (κ3) is 3.40. The first-order valence-corrected chi connectivity index (χ1v) is 8.76. The van der Waals surface area contributed by atoms with E-state index in [2.05, 4.69) is 0 Å². The summed E-state index contributed by atoms with van der Waals surface area (Å²) in [5.74, 6) is -0.267. The van der Waals surface area contributed by atoms with Crippen LogP contribution in [0.2, 0.25) is 0 Å². The molecule has 1 aromatic carbocycles. The van der Waals surface area contributed by atoms with E-state index in [9.17, 15) is 13.2 Å². The molecule has 0 aliphatic rings. The maximum Gasteiger partial charge on any atom is 0.180 e. The van der Waals surface area contributed by atoms with Gasteiger partial charge in [0.1, 0.15) is 9.84 Å². The predicted octanol–water partition coefficient (Wildman–Crippen LogP) is 1.85. The highest BCUT2D eigenvalue weighted by molar-refractivity contribution is 7.90. The lowest BCUT2D eigenvalue weighted by Crippen LogP contribution is -2.32. The predicted molar refractivity (Wildman–Crippen MR) is 78.5 cm³/mol. The van der Waals surface area contributed by atoms with Gasteiger partial charge in [-0.15, -0.1) is 11.3 Å². The first kappa shape index (κ1) is 14.2. The Morgan fingerprint density at radius 1 is 1.37 bits per heavy atom. The number of nitrogens with two attached hydrogens (primary N) is 1. The van der Waals surface area contributed by atoms with Crippen LogP contribution in [0.3, 0.4) is 0 Å². The molecule has 102 valence electrons. The van der Waals surface area contributed by atoms with Crippen LogP contribution in [-0.2, 0) is 9.84 Å². The molecule has 0 amide bonds. The van der Waals surface area contributed by atoms with Crippen molar-refractivity contribution in [1.29, 1.82) is 0 Å². The molecule has 19 heavy (non-hydrogen) atoms. The van der Waals surface area contributed by atoms with Crippen molar-refractivity contribution in [2.75, 3.05) is 12.0 Å². The smallest absolute Gasteiger partial charge is 0.180 e. The molecule has 1 atom stereocenters. The average Bonchev–Trinajstić information content (AvgIpc) is 2.82. The van der Waals surface area contributed by atoms with Gasteiger partial charge >= 0.3 is 0 Å². The zero-order chi connectivity index (χ0) is 14.0. The van der Waals surface area contributed by atoms with E-state index < -0.39 is 15.9 Å². The second-order valence-corrected chi connectivity index (χ2v) is 7.71. The van der Waals surface area contributed by atoms with E-state index in [0.717, 1.165) is 16.3 Å². The topological polar surface area (TPSA) is 77.2 Å². The van der Waals surface area contributed by atoms with Gasteiger partial charge in [-0.3, -0.25) is 4.79 Å². The van der Waals surface area contributed by atoms with Gasteiger partial charge in [-0.25, -0.2) is 8.42 Å². The maximum absolute atomic E-state index is 12.3. The number of sulfone groups is 1. The Morgan fingerprint density at radius 2 is 2.11 bits per heavy atom. The molecule has 0 saturated carbocycles. The standard InChI is InChI=1S/C13H15NO3S2/c1-19(16,17)8-6-11(14)12(15)10-4-2-3-9-5-7-18-13(9)10/h2-5,7,11H,6,8,14H2,1H3. The Labute approximate surface area is 116 Å². The molecule has 2 rings (SSSR count). The van der Waals surface area contributed by atoms with E-state index in [0.29, 0.717) is 5.56 Å². The quantitative estimate of drug-likeness (QED) is 0.854. The molecule has 0 radical (unpaired) electrons. The molecule has 1 aromatic heterocycles. The molecule has 0 aliphatic carbocycles. The van der Waals surface area contributed by atoms with Gasteiger partial charge in [-0.05, 0) is 29.3 Å². The van der Waals surface area contributed by atoms with Crippen molar-refractivity contribution < 1.29 is 13.2 Å². The van der Waals surface area contributed by atoms with Crippen molar-refractivity contribution in [2.24, 2.45) is 5.73 Å². The van der Waals surface area contributed by atoms with Crippen molar-refractivity contribution in [1.82, 2.24) is 0 Å². The Hall–Kier alpha value is -1.24. The Morgan fingerprint density at radius 3 is 2.79 bits per heavy atom. The van der Waals surface area contributed by atoms with Gasteiger partial charge in [-0.1, -0.05) is 12.1 Å². The van der Waals surface area contributed by atoms with Crippen LogP contribution >= 0.6 is 11.3 Å². The van der Waals surface area contributed by atoms with E-state index >= 15 is 0 Å². The number of thiophene rings is 1. The minimum Gasteiger partial charge on any atom is -0.321 e. The van der Waals surface area contributed by atoms with E-state index in [1.54, 1.807) is 6.07 Å². The fourth-order valence-corrected chi connectivity index (χ4v) is 3.46. The van der Waals surface area contributed by atoms with Gasteiger partial charge in [-0.2, -0.15) is 0 Å². The minimum absolute atomic E-state index is 0.0691. The number of ketones is 1. The van der Waals surface area contributed by atoms with E-state index in [1.807, 2.05) is 23.6 Å². The SMILES string of the molecule is CS(=O)(=O)CCC(N)C(=O)c1cccc2ccsc12. The monoisotopic (exact) mass is 297 g/mol. The molecule has 0 bridgehead atoms. The number of fused-ring (bicyclic) bond motifs is 1. The highest BCUT2D eigenvalue weighted by Crippen LogP contribution is 2.25. The Balaban J connectivity index is 2.22. The van der Waals surface area contributed by atoms with Crippen LogP contribution in [0.5, 0.6) is 0 Å². The van der Waals surface area contributed by atoms with E-state index in [1.165, 1.54) is 11.3 Å². The number of carbonyl (C=O) groups excluding carboxylic acids is 1. The van der Waals surface area contributed by atoms with Gasteiger partial charge in [0.2, 0.25) is 0 Å². The van der Waals surface area contributed by atoms with Crippen LogP contribution in [0.1, 0.15) is 16.8 Å². The summed E-state index contributed by atoms with van der Waals surface area (Å²) in [7, 11) is -3.10. The van der Waals surface area contributed by atoms with Crippen molar-refractivity contribution in [2.45, 2.75) is 12.5 Å². The number of carbonyl (C=O) groups is 1. The summed E-state index contributed by atoms with van der Waals surface area (Å²) in [6, 6.07) is 6.65. The summed E-state index contributed by atoms with van der Waals surface area (Å²) < 4.78 is 23.1. The van der Waals surface area contributed by atoms with Crippen LogP contribution < -0.4 is 5.73 Å². The summed E-state index contributed by atoms with van der Waals surface area (Å²) in [5, 5.41) is 2.93. The number of hydrogen-bond donors (Lipinski definition) is 1. The lowest BCUT2D eigenvalue weighted by molar-refractivity contribution is 0.0961. The van der Waals surface area contributed by atoms with Gasteiger partial charge in [0, 0.05) is 16.5 Å². The lowest BCUT2D eigenvalue weighted by Gasteiger charge is -2.10. The fourth-order valence-electron chi connectivity index (χ4n) is 1.86. The Kier molecular flexibility index (Phi) is 4.03. The molecular formula is C13H15NO3S2. The van der Waals surface area contributed by atoms with Crippen LogP contribution in [0.15, 0.2) is 29.6 Å². The van der Waals surface area contributed by atoms with E-state index in [-0.39, 0.29) is 18.0 Å². The van der Waals surface area contributed by atoms with Crippen molar-refractivity contribution in [3.05, 3.63) is 35.2 Å². The van der Waals surface area contributed by atoms with Gasteiger partial charge < -0.3 is 5.73 Å². The third-order valence-corrected chi connectivity index (χ3v) is 4.82. The van der Waals surface area contributed by atoms with Crippen molar-refractivity contribution in [3.63, 3.8) is 0 Å². The number of Topliss-reactive ketones (excluding diaryl/α,β-unsaturated/α-hetero) is 1. The van der Waals surface area contributed by atoms with Gasteiger partial charge in [0.15, 0.2) is 5.78 Å². The van der Waals surface area contributed by atoms with Crippen LogP contribution in [0, 0.1) is 0 Å². The number of rotatable bonds is 5. The molecule has 6 heteroatoms. The fraction of sp³-hybridized carbons (Fsp3) is 0.308. The van der Waals surface area contributed by atoms with Crippen molar-refractivity contribution >= 4 is 37.0 Å². The van der Waals surface area contributed by atoms with E-state index in [4.69, 9.17) is 5.73 Å². The van der Waals surface area contributed by atoms with Crippen LogP contribution in [0.4, 0.5) is 0 Å². The molecule has 1 heterocycles. The molecule has 2 aromatic rings. The molecule has 0 spiro atoms. The minimum atomic E-state index is -3.10. The number of hydrogen-bond acceptors (Lipinski definition) is 5.